The van der Waals surface area contributed by atoms with Crippen molar-refractivity contribution in [1.29, 1.82) is 0 Å². The second kappa shape index (κ2) is 4.41. The first kappa shape index (κ1) is 10.1. The Kier molecular flexibility index (Phi) is 3.19. The summed E-state index contributed by atoms with van der Waals surface area (Å²) in [5.41, 5.74) is 1.25. The van der Waals surface area contributed by atoms with Crippen molar-refractivity contribution in [3.05, 3.63) is 15.6 Å². The Labute approximate surface area is 89.8 Å². The summed E-state index contributed by atoms with van der Waals surface area (Å²) < 4.78 is 0. The lowest BCUT2D eigenvalue weighted by molar-refractivity contribution is 0.578. The molecule has 0 amide bonds. The van der Waals surface area contributed by atoms with Gasteiger partial charge in [0.15, 0.2) is 0 Å². The van der Waals surface area contributed by atoms with Crippen LogP contribution in [0, 0.1) is 12.8 Å². The number of thiazole rings is 1. The third-order valence-corrected chi connectivity index (χ3v) is 4.21. The van der Waals surface area contributed by atoms with Crippen LogP contribution in [0.5, 0.6) is 0 Å². The summed E-state index contributed by atoms with van der Waals surface area (Å²) in [7, 11) is 0. The van der Waals surface area contributed by atoms with Gasteiger partial charge in [-0.25, -0.2) is 4.98 Å². The molecule has 1 aromatic heterocycles. The molecule has 3 heteroatoms. The van der Waals surface area contributed by atoms with E-state index >= 15 is 0 Å². The highest BCUT2D eigenvalue weighted by atomic mass is 32.1. The van der Waals surface area contributed by atoms with Gasteiger partial charge in [0.25, 0.3) is 0 Å². The van der Waals surface area contributed by atoms with Gasteiger partial charge in [-0.3, -0.25) is 0 Å². The van der Waals surface area contributed by atoms with Crippen molar-refractivity contribution >= 4 is 11.3 Å². The van der Waals surface area contributed by atoms with Gasteiger partial charge in [-0.1, -0.05) is 6.92 Å². The molecule has 1 fully saturated rings. The minimum absolute atomic E-state index is 0.824. The highest BCUT2D eigenvalue weighted by molar-refractivity contribution is 7.11. The molecule has 1 N–H and O–H groups in total. The third kappa shape index (κ3) is 2.15. The summed E-state index contributed by atoms with van der Waals surface area (Å²) in [4.78, 5) is 6.10. The topological polar surface area (TPSA) is 24.9 Å². The van der Waals surface area contributed by atoms with E-state index in [1.165, 1.54) is 41.5 Å². The van der Waals surface area contributed by atoms with Crippen LogP contribution in [-0.2, 0) is 12.8 Å². The predicted molar refractivity (Wildman–Crippen MR) is 60.9 cm³/mol. The third-order valence-electron chi connectivity index (χ3n) is 2.88. The van der Waals surface area contributed by atoms with Crippen LogP contribution in [0.4, 0.5) is 0 Å². The van der Waals surface area contributed by atoms with Crippen molar-refractivity contribution < 1.29 is 0 Å². The average molecular weight is 210 g/mol. The maximum Gasteiger partial charge on any atom is 0.0934 e. The molecule has 1 saturated heterocycles. The van der Waals surface area contributed by atoms with Gasteiger partial charge >= 0.3 is 0 Å². The van der Waals surface area contributed by atoms with Crippen LogP contribution in [0.3, 0.4) is 0 Å². The van der Waals surface area contributed by atoms with E-state index in [4.69, 9.17) is 0 Å². The molecule has 0 spiro atoms. The van der Waals surface area contributed by atoms with Crippen LogP contribution >= 0.6 is 11.3 Å². The van der Waals surface area contributed by atoms with Crippen molar-refractivity contribution in [2.75, 3.05) is 13.1 Å². The lowest BCUT2D eigenvalue weighted by Gasteiger charge is -2.03. The molecular weight excluding hydrogens is 192 g/mol. The molecule has 1 aromatic rings. The Bertz CT molecular complexity index is 300. The fourth-order valence-corrected chi connectivity index (χ4v) is 3.16. The standard InChI is InChI=1S/C11H18N2S/c1-3-10-8(2)13-11(14-10)6-9-4-5-12-7-9/h9,12H,3-7H2,1-2H3. The zero-order valence-electron chi connectivity index (χ0n) is 8.97. The molecule has 0 saturated carbocycles. The maximum atomic E-state index is 4.64. The number of aromatic nitrogens is 1. The first-order chi connectivity index (χ1) is 6.79. The maximum absolute atomic E-state index is 4.64. The molecular formula is C11H18N2S. The second-order valence-corrected chi connectivity index (χ2v) is 5.20. The van der Waals surface area contributed by atoms with E-state index in [0.717, 1.165) is 12.3 Å². The van der Waals surface area contributed by atoms with Crippen molar-refractivity contribution in [3.63, 3.8) is 0 Å². The summed E-state index contributed by atoms with van der Waals surface area (Å²) >= 11 is 1.91. The zero-order valence-corrected chi connectivity index (χ0v) is 9.78. The van der Waals surface area contributed by atoms with Gasteiger partial charge in [0.2, 0.25) is 0 Å². The molecule has 2 heterocycles. The van der Waals surface area contributed by atoms with Crippen molar-refractivity contribution in [1.82, 2.24) is 10.3 Å². The van der Waals surface area contributed by atoms with Crippen molar-refractivity contribution in [3.8, 4) is 0 Å². The Morgan fingerprint density at radius 3 is 3.00 bits per heavy atom. The number of aryl methyl sites for hydroxylation is 2. The predicted octanol–water partition coefficient (Wildman–Crippen LogP) is 2.17. The first-order valence-electron chi connectivity index (χ1n) is 5.45. The number of nitrogens with one attached hydrogen (secondary N) is 1. The Morgan fingerprint density at radius 2 is 2.43 bits per heavy atom. The van der Waals surface area contributed by atoms with Gasteiger partial charge in [0, 0.05) is 11.3 Å². The molecule has 0 aliphatic carbocycles. The molecule has 1 aliphatic rings. The summed E-state index contributed by atoms with van der Waals surface area (Å²) in [5.74, 6) is 0.824. The van der Waals surface area contributed by atoms with E-state index in [2.05, 4.69) is 24.1 Å². The van der Waals surface area contributed by atoms with Gasteiger partial charge in [-0.2, -0.15) is 0 Å². The van der Waals surface area contributed by atoms with Crippen LogP contribution in [0.1, 0.15) is 28.9 Å². The van der Waals surface area contributed by atoms with E-state index in [9.17, 15) is 0 Å². The van der Waals surface area contributed by atoms with Gasteiger partial charge in [0.05, 0.1) is 10.7 Å². The minimum Gasteiger partial charge on any atom is -0.316 e. The highest BCUT2D eigenvalue weighted by Gasteiger charge is 2.17. The summed E-state index contributed by atoms with van der Waals surface area (Å²) in [6, 6.07) is 0. The van der Waals surface area contributed by atoms with Gasteiger partial charge in [0.1, 0.15) is 0 Å². The van der Waals surface area contributed by atoms with Gasteiger partial charge < -0.3 is 5.32 Å². The van der Waals surface area contributed by atoms with E-state index in [1.54, 1.807) is 0 Å². The quantitative estimate of drug-likeness (QED) is 0.827. The normalized spacial score (nSPS) is 21.7. The number of nitrogens with zero attached hydrogens (tertiary/aromatic N) is 1. The first-order valence-corrected chi connectivity index (χ1v) is 6.27. The van der Waals surface area contributed by atoms with Gasteiger partial charge in [-0.15, -0.1) is 11.3 Å². The summed E-state index contributed by atoms with van der Waals surface area (Å²) in [6.45, 7) is 6.71. The lowest BCUT2D eigenvalue weighted by atomic mass is 10.1. The fourth-order valence-electron chi connectivity index (χ4n) is 2.04. The molecule has 1 unspecified atom stereocenters. The Balaban J connectivity index is 2.01. The molecule has 78 valence electrons. The van der Waals surface area contributed by atoms with Gasteiger partial charge in [-0.05, 0) is 38.8 Å². The molecule has 14 heavy (non-hydrogen) atoms. The average Bonchev–Trinajstić information content (AvgIpc) is 2.76. The van der Waals surface area contributed by atoms with Crippen LogP contribution in [0.25, 0.3) is 0 Å². The molecule has 2 nitrogen and oxygen atoms in total. The van der Waals surface area contributed by atoms with Crippen molar-refractivity contribution in [2.24, 2.45) is 5.92 Å². The lowest BCUT2D eigenvalue weighted by Crippen LogP contribution is -2.10. The SMILES string of the molecule is CCc1sc(CC2CCNC2)nc1C. The number of hydrogen-bond donors (Lipinski definition) is 1. The van der Waals surface area contributed by atoms with E-state index in [0.29, 0.717) is 0 Å². The van der Waals surface area contributed by atoms with Crippen LogP contribution < -0.4 is 5.32 Å². The molecule has 0 aromatic carbocycles. The largest absolute Gasteiger partial charge is 0.316 e. The molecule has 1 aliphatic heterocycles. The summed E-state index contributed by atoms with van der Waals surface area (Å²) in [5, 5.41) is 4.75. The molecule has 2 rings (SSSR count). The second-order valence-electron chi connectivity index (χ2n) is 4.03. The molecule has 0 radical (unpaired) electrons. The smallest absolute Gasteiger partial charge is 0.0934 e. The highest BCUT2D eigenvalue weighted by Crippen LogP contribution is 2.23. The number of hydrogen-bond acceptors (Lipinski definition) is 3. The van der Waals surface area contributed by atoms with Crippen LogP contribution in [0.2, 0.25) is 0 Å². The monoisotopic (exact) mass is 210 g/mol. The van der Waals surface area contributed by atoms with Crippen LogP contribution in [-0.4, -0.2) is 18.1 Å². The number of rotatable bonds is 3. The van der Waals surface area contributed by atoms with E-state index in [1.807, 2.05) is 11.3 Å². The molecule has 1 atom stereocenters. The fraction of sp³-hybridized carbons (Fsp3) is 0.727. The Morgan fingerprint density at radius 1 is 1.57 bits per heavy atom. The minimum atomic E-state index is 0.824. The zero-order chi connectivity index (χ0) is 9.97. The van der Waals surface area contributed by atoms with Crippen molar-refractivity contribution in [2.45, 2.75) is 33.1 Å². The van der Waals surface area contributed by atoms with E-state index in [-0.39, 0.29) is 0 Å². The Hall–Kier alpha value is -0.410. The van der Waals surface area contributed by atoms with Crippen LogP contribution in [0.15, 0.2) is 0 Å². The van der Waals surface area contributed by atoms with E-state index < -0.39 is 0 Å². The molecule has 0 bridgehead atoms. The summed E-state index contributed by atoms with van der Waals surface area (Å²) in [6.07, 6.45) is 3.63.